The van der Waals surface area contributed by atoms with Crippen LogP contribution in [0.2, 0.25) is 0 Å². The molecule has 146 valence electrons. The second kappa shape index (κ2) is 7.65. The van der Waals surface area contributed by atoms with E-state index >= 15 is 0 Å². The molecule has 1 heterocycles. The maximum absolute atomic E-state index is 12.8. The standard InChI is InChI=1S/C20H21N3O4S/c1-14-19(18(24)13-15-7-5-4-6-8-15)20(25)23(21-14)16-9-11-17(12-10-16)28(26,27)22(2)3/h4-12,19H,13H2,1-3H3. The zero-order chi connectivity index (χ0) is 20.5. The van der Waals surface area contributed by atoms with Crippen molar-refractivity contribution in [1.82, 2.24) is 4.31 Å². The van der Waals surface area contributed by atoms with Crippen molar-refractivity contribution < 1.29 is 18.0 Å². The maximum Gasteiger partial charge on any atom is 0.263 e. The van der Waals surface area contributed by atoms with Gasteiger partial charge >= 0.3 is 0 Å². The van der Waals surface area contributed by atoms with Gasteiger partial charge in [0.15, 0.2) is 5.78 Å². The van der Waals surface area contributed by atoms with Gasteiger partial charge in [-0.25, -0.2) is 12.7 Å². The lowest BCUT2D eigenvalue weighted by Gasteiger charge is -2.15. The van der Waals surface area contributed by atoms with E-state index in [-0.39, 0.29) is 17.1 Å². The highest BCUT2D eigenvalue weighted by Gasteiger charge is 2.39. The van der Waals surface area contributed by atoms with Crippen molar-refractivity contribution in [1.29, 1.82) is 0 Å². The number of carbonyl (C=O) groups excluding carboxylic acids is 2. The van der Waals surface area contributed by atoms with Crippen LogP contribution >= 0.6 is 0 Å². The average molecular weight is 399 g/mol. The second-order valence-electron chi connectivity index (χ2n) is 6.73. The lowest BCUT2D eigenvalue weighted by atomic mass is 9.94. The molecular weight excluding hydrogens is 378 g/mol. The summed E-state index contributed by atoms with van der Waals surface area (Å²) >= 11 is 0. The Morgan fingerprint density at radius 2 is 1.68 bits per heavy atom. The lowest BCUT2D eigenvalue weighted by molar-refractivity contribution is -0.128. The van der Waals surface area contributed by atoms with Crippen LogP contribution in [-0.4, -0.2) is 44.2 Å². The van der Waals surface area contributed by atoms with Gasteiger partial charge in [-0.2, -0.15) is 10.1 Å². The third-order valence-corrected chi connectivity index (χ3v) is 6.36. The predicted octanol–water partition coefficient (Wildman–Crippen LogP) is 2.09. The molecule has 28 heavy (non-hydrogen) atoms. The molecule has 7 nitrogen and oxygen atoms in total. The number of rotatable bonds is 6. The van der Waals surface area contributed by atoms with E-state index in [1.54, 1.807) is 6.92 Å². The van der Waals surface area contributed by atoms with E-state index in [1.165, 1.54) is 38.4 Å². The van der Waals surface area contributed by atoms with Gasteiger partial charge in [-0.3, -0.25) is 9.59 Å². The minimum absolute atomic E-state index is 0.116. The molecule has 8 heteroatoms. The summed E-state index contributed by atoms with van der Waals surface area (Å²) in [6, 6.07) is 15.1. The minimum Gasteiger partial charge on any atom is -0.298 e. The van der Waals surface area contributed by atoms with Crippen molar-refractivity contribution in [2.24, 2.45) is 11.0 Å². The van der Waals surface area contributed by atoms with Crippen molar-refractivity contribution >= 4 is 33.1 Å². The Balaban J connectivity index is 1.80. The lowest BCUT2D eigenvalue weighted by Crippen LogP contribution is -2.33. The summed E-state index contributed by atoms with van der Waals surface area (Å²) in [5.41, 5.74) is 1.68. The summed E-state index contributed by atoms with van der Waals surface area (Å²) in [7, 11) is -0.664. The third-order valence-electron chi connectivity index (χ3n) is 4.53. The van der Waals surface area contributed by atoms with Gasteiger partial charge in [0.05, 0.1) is 16.3 Å². The van der Waals surface area contributed by atoms with Crippen LogP contribution in [0.25, 0.3) is 0 Å². The van der Waals surface area contributed by atoms with Crippen molar-refractivity contribution in [3.8, 4) is 0 Å². The first-order chi connectivity index (χ1) is 13.2. The molecule has 2 aromatic carbocycles. The van der Waals surface area contributed by atoms with E-state index in [0.29, 0.717) is 11.4 Å². The quantitative estimate of drug-likeness (QED) is 0.696. The highest BCUT2D eigenvalue weighted by atomic mass is 32.2. The van der Waals surface area contributed by atoms with Crippen molar-refractivity contribution in [3.05, 3.63) is 60.2 Å². The molecule has 0 N–H and O–H groups in total. The molecule has 1 aliphatic rings. The summed E-state index contributed by atoms with van der Waals surface area (Å²) in [5.74, 6) is -1.57. The highest BCUT2D eigenvalue weighted by molar-refractivity contribution is 7.89. The van der Waals surface area contributed by atoms with E-state index < -0.39 is 21.8 Å². The first-order valence-corrected chi connectivity index (χ1v) is 10.1. The van der Waals surface area contributed by atoms with Crippen LogP contribution < -0.4 is 5.01 Å². The maximum atomic E-state index is 12.8. The fourth-order valence-corrected chi connectivity index (χ4v) is 3.89. The molecule has 1 amide bonds. The van der Waals surface area contributed by atoms with Gasteiger partial charge in [-0.1, -0.05) is 30.3 Å². The summed E-state index contributed by atoms with van der Waals surface area (Å²) in [4.78, 5) is 25.6. The third kappa shape index (κ3) is 3.74. The van der Waals surface area contributed by atoms with E-state index in [9.17, 15) is 18.0 Å². The molecule has 1 aliphatic heterocycles. The van der Waals surface area contributed by atoms with Gasteiger partial charge in [-0.15, -0.1) is 0 Å². The summed E-state index contributed by atoms with van der Waals surface area (Å²) < 4.78 is 25.5. The van der Waals surface area contributed by atoms with Crippen LogP contribution in [0.15, 0.2) is 64.6 Å². The van der Waals surface area contributed by atoms with Gasteiger partial charge in [0.25, 0.3) is 5.91 Å². The van der Waals surface area contributed by atoms with Gasteiger partial charge in [-0.05, 0) is 36.8 Å². The number of benzene rings is 2. The molecule has 3 rings (SSSR count). The van der Waals surface area contributed by atoms with Crippen LogP contribution in [0.3, 0.4) is 0 Å². The summed E-state index contributed by atoms with van der Waals surface area (Å²) in [6.07, 6.45) is 0.151. The number of hydrazone groups is 1. The molecule has 0 saturated carbocycles. The number of ketones is 1. The Morgan fingerprint density at radius 1 is 1.07 bits per heavy atom. The fourth-order valence-electron chi connectivity index (χ4n) is 2.99. The van der Waals surface area contributed by atoms with Gasteiger partial charge in [0, 0.05) is 20.5 Å². The largest absolute Gasteiger partial charge is 0.298 e. The number of carbonyl (C=O) groups is 2. The Morgan fingerprint density at radius 3 is 2.25 bits per heavy atom. The number of hydrogen-bond acceptors (Lipinski definition) is 5. The zero-order valence-electron chi connectivity index (χ0n) is 15.9. The monoisotopic (exact) mass is 399 g/mol. The van der Waals surface area contributed by atoms with Gasteiger partial charge < -0.3 is 0 Å². The molecule has 0 bridgehead atoms. The van der Waals surface area contributed by atoms with Crippen molar-refractivity contribution in [2.45, 2.75) is 18.2 Å². The normalized spacial score (nSPS) is 17.1. The minimum atomic E-state index is -3.56. The molecule has 0 aliphatic carbocycles. The van der Waals surface area contributed by atoms with Crippen LogP contribution in [0.1, 0.15) is 12.5 Å². The smallest absolute Gasteiger partial charge is 0.263 e. The number of hydrogen-bond donors (Lipinski definition) is 0. The Bertz CT molecular complexity index is 1030. The van der Waals surface area contributed by atoms with Crippen LogP contribution in [0.4, 0.5) is 5.69 Å². The summed E-state index contributed by atoms with van der Waals surface area (Å²) in [5, 5.41) is 5.39. The first kappa shape index (κ1) is 19.9. The molecule has 1 unspecified atom stereocenters. The molecule has 0 spiro atoms. The number of sulfonamides is 1. The molecule has 2 aromatic rings. The first-order valence-electron chi connectivity index (χ1n) is 8.70. The Hall–Kier alpha value is -2.84. The van der Waals surface area contributed by atoms with Crippen LogP contribution in [0, 0.1) is 5.92 Å². The molecule has 0 fully saturated rings. The van der Waals surface area contributed by atoms with Crippen LogP contribution in [-0.2, 0) is 26.0 Å². The SMILES string of the molecule is CC1=NN(c2ccc(S(=O)(=O)N(C)C)cc2)C(=O)C1C(=O)Cc1ccccc1. The second-order valence-corrected chi connectivity index (χ2v) is 8.89. The fraction of sp³-hybridized carbons (Fsp3) is 0.250. The van der Waals surface area contributed by atoms with Gasteiger partial charge in [0.2, 0.25) is 10.0 Å². The molecule has 0 aromatic heterocycles. The number of amides is 1. The Kier molecular flexibility index (Phi) is 5.44. The van der Waals surface area contributed by atoms with Crippen molar-refractivity contribution in [2.75, 3.05) is 19.1 Å². The van der Waals surface area contributed by atoms with E-state index in [4.69, 9.17) is 0 Å². The molecule has 0 saturated heterocycles. The predicted molar refractivity (Wildman–Crippen MR) is 107 cm³/mol. The molecule has 0 radical (unpaired) electrons. The average Bonchev–Trinajstić information content (AvgIpc) is 2.96. The van der Waals surface area contributed by atoms with Crippen molar-refractivity contribution in [3.63, 3.8) is 0 Å². The number of nitrogens with zero attached hydrogens (tertiary/aromatic N) is 3. The van der Waals surface area contributed by atoms with Gasteiger partial charge in [0.1, 0.15) is 5.92 Å². The summed E-state index contributed by atoms with van der Waals surface area (Å²) in [6.45, 7) is 1.65. The Labute approximate surface area is 164 Å². The van der Waals surface area contributed by atoms with E-state index in [2.05, 4.69) is 5.10 Å². The van der Waals surface area contributed by atoms with Crippen LogP contribution in [0.5, 0.6) is 0 Å². The molecular formula is C20H21N3O4S. The zero-order valence-corrected chi connectivity index (χ0v) is 16.7. The van der Waals surface area contributed by atoms with E-state index in [1.807, 2.05) is 30.3 Å². The molecule has 1 atom stereocenters. The number of anilines is 1. The highest BCUT2D eigenvalue weighted by Crippen LogP contribution is 2.27. The van der Waals surface area contributed by atoms with E-state index in [0.717, 1.165) is 14.9 Å². The number of Topliss-reactive ketones (excluding diaryl/α,β-unsaturated/α-hetero) is 1. The topological polar surface area (TPSA) is 87.1 Å².